The summed E-state index contributed by atoms with van der Waals surface area (Å²) in [7, 11) is -4.23. The number of likely N-dealkylation sites (N-methyl/N-ethyl adjacent to an activating group) is 1. The molecule has 3 aromatic rings. The van der Waals surface area contributed by atoms with Crippen molar-refractivity contribution in [2.24, 2.45) is 0 Å². The van der Waals surface area contributed by atoms with Crippen LogP contribution in [0.2, 0.25) is 15.1 Å². The van der Waals surface area contributed by atoms with Crippen molar-refractivity contribution in [1.82, 2.24) is 10.2 Å². The topological polar surface area (TPSA) is 96.0 Å². The minimum atomic E-state index is -4.23. The highest BCUT2D eigenvalue weighted by Gasteiger charge is 2.32. The van der Waals surface area contributed by atoms with Gasteiger partial charge < -0.3 is 15.0 Å². The van der Waals surface area contributed by atoms with Crippen LogP contribution in [0.4, 0.5) is 5.69 Å². The summed E-state index contributed by atoms with van der Waals surface area (Å²) in [6.07, 6.45) is 0. The van der Waals surface area contributed by atoms with Gasteiger partial charge in [-0.2, -0.15) is 0 Å². The van der Waals surface area contributed by atoms with Crippen LogP contribution in [0.5, 0.6) is 5.75 Å². The molecule has 0 unspecified atom stereocenters. The van der Waals surface area contributed by atoms with Gasteiger partial charge in [-0.15, -0.1) is 0 Å². The van der Waals surface area contributed by atoms with Crippen LogP contribution in [0.3, 0.4) is 0 Å². The first-order valence-electron chi connectivity index (χ1n) is 12.5. The van der Waals surface area contributed by atoms with Crippen molar-refractivity contribution in [3.05, 3.63) is 87.4 Å². The van der Waals surface area contributed by atoms with Gasteiger partial charge in [-0.05, 0) is 87.0 Å². The van der Waals surface area contributed by atoms with E-state index in [0.29, 0.717) is 39.5 Å². The van der Waals surface area contributed by atoms with Gasteiger partial charge in [0.15, 0.2) is 0 Å². The van der Waals surface area contributed by atoms with E-state index in [-0.39, 0.29) is 17.1 Å². The summed E-state index contributed by atoms with van der Waals surface area (Å²) >= 11 is 18.4. The van der Waals surface area contributed by atoms with E-state index >= 15 is 0 Å². The second-order valence-corrected chi connectivity index (χ2v) is 11.9. The van der Waals surface area contributed by atoms with Gasteiger partial charge in [-0.3, -0.25) is 13.9 Å². The standard InChI is InChI=1S/C28H30Cl3N3O5S/c1-4-32-28(36)19(3)33(17-20-6-7-22(30)16-26(20)31)27(35)18-34(23-10-12-24(13-11-23)39-5-2)40(37,38)25-14-8-21(29)9-15-25/h6-16,19H,4-5,17-18H2,1-3H3,(H,32,36)/t19-/m0/s1. The Morgan fingerprint density at radius 1 is 0.925 bits per heavy atom. The van der Waals surface area contributed by atoms with Crippen molar-refractivity contribution in [2.45, 2.75) is 38.3 Å². The van der Waals surface area contributed by atoms with Gasteiger partial charge in [0.1, 0.15) is 18.3 Å². The van der Waals surface area contributed by atoms with Gasteiger partial charge in [0.05, 0.1) is 17.2 Å². The Labute approximate surface area is 249 Å². The van der Waals surface area contributed by atoms with E-state index in [1.807, 2.05) is 6.92 Å². The van der Waals surface area contributed by atoms with E-state index in [4.69, 9.17) is 39.5 Å². The first kappa shape index (κ1) is 31.5. The van der Waals surface area contributed by atoms with Crippen molar-refractivity contribution >= 4 is 62.3 Å². The number of ether oxygens (including phenoxy) is 1. The number of benzene rings is 3. The number of amides is 2. The highest BCUT2D eigenvalue weighted by atomic mass is 35.5. The molecule has 0 aliphatic carbocycles. The fourth-order valence-electron chi connectivity index (χ4n) is 3.88. The minimum Gasteiger partial charge on any atom is -0.494 e. The zero-order valence-electron chi connectivity index (χ0n) is 22.2. The molecule has 0 saturated heterocycles. The molecule has 214 valence electrons. The molecule has 3 aromatic carbocycles. The van der Waals surface area contributed by atoms with Gasteiger partial charge >= 0.3 is 0 Å². The van der Waals surface area contributed by atoms with Gasteiger partial charge in [-0.1, -0.05) is 40.9 Å². The minimum absolute atomic E-state index is 0.0504. The number of anilines is 1. The number of nitrogens with zero attached hydrogens (tertiary/aromatic N) is 2. The first-order chi connectivity index (χ1) is 19.0. The lowest BCUT2D eigenvalue weighted by Crippen LogP contribution is -2.51. The summed E-state index contributed by atoms with van der Waals surface area (Å²) in [4.78, 5) is 27.9. The lowest BCUT2D eigenvalue weighted by molar-refractivity contribution is -0.139. The van der Waals surface area contributed by atoms with Crippen molar-refractivity contribution in [2.75, 3.05) is 24.0 Å². The molecule has 1 N–H and O–H groups in total. The fourth-order valence-corrected chi connectivity index (χ4v) is 5.88. The van der Waals surface area contributed by atoms with Crippen molar-refractivity contribution < 1.29 is 22.7 Å². The number of halogens is 3. The molecule has 3 rings (SSSR count). The second kappa shape index (κ2) is 14.1. The number of hydrogen-bond donors (Lipinski definition) is 1. The van der Waals surface area contributed by atoms with Crippen LogP contribution in [-0.2, 0) is 26.2 Å². The normalized spacial score (nSPS) is 11.9. The molecule has 40 heavy (non-hydrogen) atoms. The fraction of sp³-hybridized carbons (Fsp3) is 0.286. The lowest BCUT2D eigenvalue weighted by Gasteiger charge is -2.32. The molecule has 8 nitrogen and oxygen atoms in total. The van der Waals surface area contributed by atoms with Crippen LogP contribution < -0.4 is 14.4 Å². The predicted octanol–water partition coefficient (Wildman–Crippen LogP) is 5.79. The monoisotopic (exact) mass is 625 g/mol. The van der Waals surface area contributed by atoms with E-state index in [9.17, 15) is 18.0 Å². The molecule has 0 aliphatic rings. The van der Waals surface area contributed by atoms with E-state index in [2.05, 4.69) is 5.32 Å². The Morgan fingerprint density at radius 3 is 2.12 bits per heavy atom. The molecule has 2 amide bonds. The largest absolute Gasteiger partial charge is 0.494 e. The number of carbonyl (C=O) groups is 2. The summed E-state index contributed by atoms with van der Waals surface area (Å²) in [6, 6.07) is 15.9. The maximum absolute atomic E-state index is 13.9. The van der Waals surface area contributed by atoms with Crippen LogP contribution in [0.15, 0.2) is 71.6 Å². The Morgan fingerprint density at radius 2 is 1.55 bits per heavy atom. The first-order valence-corrected chi connectivity index (χ1v) is 15.1. The van der Waals surface area contributed by atoms with E-state index < -0.39 is 34.4 Å². The molecule has 0 aromatic heterocycles. The smallest absolute Gasteiger partial charge is 0.264 e. The highest BCUT2D eigenvalue weighted by molar-refractivity contribution is 7.92. The molecule has 12 heteroatoms. The summed E-state index contributed by atoms with van der Waals surface area (Å²) in [6.45, 7) is 5.32. The Bertz CT molecular complexity index is 1430. The number of hydrogen-bond acceptors (Lipinski definition) is 5. The van der Waals surface area contributed by atoms with Gasteiger partial charge in [-0.25, -0.2) is 8.42 Å². The summed E-state index contributed by atoms with van der Waals surface area (Å²) in [5.74, 6) is -0.462. The molecule has 0 bridgehead atoms. The molecule has 0 aliphatic heterocycles. The van der Waals surface area contributed by atoms with Crippen molar-refractivity contribution in [3.63, 3.8) is 0 Å². The van der Waals surface area contributed by atoms with Crippen LogP contribution >= 0.6 is 34.8 Å². The number of rotatable bonds is 12. The van der Waals surface area contributed by atoms with Crippen LogP contribution in [0.25, 0.3) is 0 Å². The molecule has 0 spiro atoms. The third kappa shape index (κ3) is 7.81. The molecule has 0 fully saturated rings. The summed E-state index contributed by atoms with van der Waals surface area (Å²) in [5, 5.41) is 3.80. The molecule has 0 saturated carbocycles. The molecular formula is C28H30Cl3N3O5S. The zero-order chi connectivity index (χ0) is 29.4. The highest BCUT2D eigenvalue weighted by Crippen LogP contribution is 2.28. The SMILES string of the molecule is CCNC(=O)[C@H](C)N(Cc1ccc(Cl)cc1Cl)C(=O)CN(c1ccc(OCC)cc1)S(=O)(=O)c1ccc(Cl)cc1. The predicted molar refractivity (Wildman–Crippen MR) is 159 cm³/mol. The summed E-state index contributed by atoms with van der Waals surface area (Å²) in [5.41, 5.74) is 0.783. The Balaban J connectivity index is 2.05. The quantitative estimate of drug-likeness (QED) is 0.274. The van der Waals surface area contributed by atoms with Crippen LogP contribution in [0, 0.1) is 0 Å². The van der Waals surface area contributed by atoms with E-state index in [1.165, 1.54) is 35.2 Å². The Kier molecular flexibility index (Phi) is 11.1. The average molecular weight is 627 g/mol. The average Bonchev–Trinajstić information content (AvgIpc) is 2.92. The Hall–Kier alpha value is -2.98. The van der Waals surface area contributed by atoms with Crippen molar-refractivity contribution in [1.29, 1.82) is 0 Å². The van der Waals surface area contributed by atoms with Crippen molar-refractivity contribution in [3.8, 4) is 5.75 Å². The van der Waals surface area contributed by atoms with E-state index in [1.54, 1.807) is 50.2 Å². The maximum Gasteiger partial charge on any atom is 0.264 e. The van der Waals surface area contributed by atoms with Gasteiger partial charge in [0.25, 0.3) is 10.0 Å². The number of nitrogens with one attached hydrogen (secondary N) is 1. The summed E-state index contributed by atoms with van der Waals surface area (Å²) < 4.78 is 34.2. The van der Waals surface area contributed by atoms with Crippen LogP contribution in [0.1, 0.15) is 26.3 Å². The van der Waals surface area contributed by atoms with Crippen LogP contribution in [-0.4, -0.2) is 50.9 Å². The van der Waals surface area contributed by atoms with Gasteiger partial charge in [0.2, 0.25) is 11.8 Å². The maximum atomic E-state index is 13.9. The lowest BCUT2D eigenvalue weighted by atomic mass is 10.1. The number of sulfonamides is 1. The van der Waals surface area contributed by atoms with Gasteiger partial charge in [0, 0.05) is 28.2 Å². The zero-order valence-corrected chi connectivity index (χ0v) is 25.3. The third-order valence-corrected chi connectivity index (χ3v) is 8.62. The molecule has 1 atom stereocenters. The molecule has 0 heterocycles. The number of carbonyl (C=O) groups excluding carboxylic acids is 2. The van der Waals surface area contributed by atoms with E-state index in [0.717, 1.165) is 4.31 Å². The third-order valence-electron chi connectivity index (χ3n) is 5.99. The molecular weight excluding hydrogens is 597 g/mol. The second-order valence-electron chi connectivity index (χ2n) is 8.72. The molecule has 0 radical (unpaired) electrons.